The number of piperidine rings is 1. The Morgan fingerprint density at radius 1 is 0.767 bits per heavy atom. The van der Waals surface area contributed by atoms with Crippen LogP contribution >= 0.6 is 0 Å². The summed E-state index contributed by atoms with van der Waals surface area (Å²) in [5.74, 6) is -9.44. The molecule has 30 heavy (non-hydrogen) atoms. The molecule has 0 bridgehead atoms. The van der Waals surface area contributed by atoms with Gasteiger partial charge < -0.3 is 9.47 Å². The van der Waals surface area contributed by atoms with E-state index in [0.29, 0.717) is 11.3 Å². The molecule has 0 amide bonds. The Labute approximate surface area is 164 Å². The minimum absolute atomic E-state index is 0.225. The first-order valence-corrected chi connectivity index (χ1v) is 9.07. The molecule has 2 aliphatic heterocycles. The van der Waals surface area contributed by atoms with Crippen LogP contribution in [-0.2, 0) is 9.47 Å². The average Bonchev–Trinajstić information content (AvgIpc) is 2.60. The van der Waals surface area contributed by atoms with E-state index in [1.807, 2.05) is 0 Å². The Kier molecular flexibility index (Phi) is 7.55. The summed E-state index contributed by atoms with van der Waals surface area (Å²) < 4.78 is 155. The van der Waals surface area contributed by atoms with E-state index in [-0.39, 0.29) is 25.9 Å². The molecule has 2 aliphatic rings. The van der Waals surface area contributed by atoms with Gasteiger partial charge in [0.2, 0.25) is 0 Å². The molecule has 0 N–H and O–H groups in total. The molecule has 14 heteroatoms. The van der Waals surface area contributed by atoms with Crippen LogP contribution in [-0.4, -0.2) is 79.8 Å². The Balaban J connectivity index is 2.04. The number of hydrogen-bond acceptors (Lipinski definition) is 3. The Morgan fingerprint density at radius 3 is 1.77 bits per heavy atom. The van der Waals surface area contributed by atoms with Crippen molar-refractivity contribution < 1.29 is 57.8 Å². The fourth-order valence-electron chi connectivity index (χ4n) is 3.55. The van der Waals surface area contributed by atoms with Crippen molar-refractivity contribution in [2.45, 2.75) is 74.3 Å². The van der Waals surface area contributed by atoms with Crippen LogP contribution in [0.1, 0.15) is 25.7 Å². The van der Waals surface area contributed by atoms with E-state index >= 15 is 0 Å². The Morgan fingerprint density at radius 2 is 1.33 bits per heavy atom. The normalized spacial score (nSPS) is 27.7. The maximum atomic E-state index is 14.7. The largest absolute Gasteiger partial charge is 0.425 e. The second kappa shape index (κ2) is 8.93. The number of likely N-dealkylation sites (tertiary alicyclic amines) is 1. The van der Waals surface area contributed by atoms with E-state index in [9.17, 15) is 48.3 Å². The molecule has 178 valence electrons. The van der Waals surface area contributed by atoms with Gasteiger partial charge in [0.15, 0.2) is 6.04 Å². The number of ether oxygens (including phenoxy) is 2. The second-order valence-corrected chi connectivity index (χ2v) is 7.36. The van der Waals surface area contributed by atoms with Gasteiger partial charge in [0, 0.05) is 6.42 Å². The van der Waals surface area contributed by atoms with Gasteiger partial charge in [-0.05, 0) is 25.9 Å². The van der Waals surface area contributed by atoms with Crippen LogP contribution in [0.5, 0.6) is 0 Å². The van der Waals surface area contributed by atoms with Gasteiger partial charge in [0.1, 0.15) is 6.10 Å². The topological polar surface area (TPSA) is 21.7 Å². The summed E-state index contributed by atoms with van der Waals surface area (Å²) >= 11 is 0. The number of rotatable bonds is 6. The lowest BCUT2D eigenvalue weighted by Crippen LogP contribution is -2.64. The first-order valence-electron chi connectivity index (χ1n) is 9.07. The molecule has 0 radical (unpaired) electrons. The molecule has 0 saturated carbocycles. The molecule has 2 heterocycles. The third kappa shape index (κ3) is 5.87. The highest BCUT2D eigenvalue weighted by molar-refractivity contribution is 4.98. The summed E-state index contributed by atoms with van der Waals surface area (Å²) in [5.41, 5.74) is 0. The van der Waals surface area contributed by atoms with E-state index in [1.54, 1.807) is 0 Å². The summed E-state index contributed by atoms with van der Waals surface area (Å²) in [4.78, 5) is 0.574. The van der Waals surface area contributed by atoms with Crippen molar-refractivity contribution in [3.63, 3.8) is 0 Å². The highest BCUT2D eigenvalue weighted by Crippen LogP contribution is 2.42. The van der Waals surface area contributed by atoms with Gasteiger partial charge in [-0.25, -0.2) is 22.0 Å². The van der Waals surface area contributed by atoms with Crippen LogP contribution in [0, 0.1) is 0 Å². The van der Waals surface area contributed by atoms with Crippen LogP contribution < -0.4 is 0 Å². The average molecular weight is 467 g/mol. The van der Waals surface area contributed by atoms with Crippen molar-refractivity contribution in [2.75, 3.05) is 26.3 Å². The maximum absolute atomic E-state index is 14.7. The molecule has 0 aromatic carbocycles. The Bertz CT molecular complexity index is 552. The second-order valence-electron chi connectivity index (χ2n) is 7.36. The zero-order valence-electron chi connectivity index (χ0n) is 15.4. The molecule has 0 spiro atoms. The van der Waals surface area contributed by atoms with Gasteiger partial charge in [-0.1, -0.05) is 6.42 Å². The predicted molar refractivity (Wildman–Crippen MR) is 80.2 cm³/mol. The summed E-state index contributed by atoms with van der Waals surface area (Å²) in [6, 6.07) is -3.20. The van der Waals surface area contributed by atoms with Crippen LogP contribution in [0.25, 0.3) is 0 Å². The van der Waals surface area contributed by atoms with Gasteiger partial charge in [-0.3, -0.25) is 4.90 Å². The summed E-state index contributed by atoms with van der Waals surface area (Å²) in [7, 11) is 0. The third-order valence-corrected chi connectivity index (χ3v) is 4.98. The lowest BCUT2D eigenvalue weighted by Gasteiger charge is -2.43. The molecule has 0 aliphatic carbocycles. The molecular formula is C16H20F11NO2. The lowest BCUT2D eigenvalue weighted by atomic mass is 9.98. The monoisotopic (exact) mass is 467 g/mol. The predicted octanol–water partition coefficient (Wildman–Crippen LogP) is 4.75. The van der Waals surface area contributed by atoms with Crippen molar-refractivity contribution in [2.24, 2.45) is 0 Å². The van der Waals surface area contributed by atoms with E-state index < -0.39 is 68.3 Å². The molecule has 2 saturated heterocycles. The third-order valence-electron chi connectivity index (χ3n) is 4.98. The zero-order chi connectivity index (χ0) is 23.0. The number of hydrogen-bond donors (Lipinski definition) is 0. The quantitative estimate of drug-likeness (QED) is 0.527. The van der Waals surface area contributed by atoms with Crippen LogP contribution in [0.3, 0.4) is 0 Å². The highest BCUT2D eigenvalue weighted by Gasteiger charge is 2.63. The molecule has 0 aromatic heterocycles. The molecule has 2 fully saturated rings. The molecule has 4 unspecified atom stereocenters. The smallest absolute Gasteiger partial charge is 0.373 e. The van der Waals surface area contributed by atoms with Crippen LogP contribution in [0.4, 0.5) is 48.3 Å². The standard InChI is InChI=1S/C16H20F11NO2/c17-11(15(22,23)24)13(18,19)6-9-7-30-10(8-29-9)14(20,21)12(16(25,26)27)28-4-2-1-3-5-28/h9-12H,1-8H2. The van der Waals surface area contributed by atoms with Crippen molar-refractivity contribution in [3.8, 4) is 0 Å². The first-order chi connectivity index (χ1) is 13.6. The van der Waals surface area contributed by atoms with Crippen molar-refractivity contribution in [3.05, 3.63) is 0 Å². The van der Waals surface area contributed by atoms with Gasteiger partial charge in [0.25, 0.3) is 18.0 Å². The molecule has 4 atom stereocenters. The van der Waals surface area contributed by atoms with E-state index in [2.05, 4.69) is 9.47 Å². The van der Waals surface area contributed by atoms with Gasteiger partial charge in [-0.2, -0.15) is 26.3 Å². The van der Waals surface area contributed by atoms with Crippen molar-refractivity contribution in [1.29, 1.82) is 0 Å². The molecule has 0 aromatic rings. The summed E-state index contributed by atoms with van der Waals surface area (Å²) in [6.45, 7) is -2.85. The SMILES string of the molecule is FC(C(F)(F)F)C(F)(F)CC1COC(C(F)(F)C(N2CCCCC2)C(F)(F)F)CO1. The molecule has 3 nitrogen and oxygen atoms in total. The lowest BCUT2D eigenvalue weighted by molar-refractivity contribution is -0.300. The van der Waals surface area contributed by atoms with Gasteiger partial charge in [0.05, 0.1) is 19.3 Å². The Hall–Kier alpha value is -0.890. The van der Waals surface area contributed by atoms with E-state index in [4.69, 9.17) is 0 Å². The minimum Gasteiger partial charge on any atom is -0.373 e. The summed E-state index contributed by atoms with van der Waals surface area (Å²) in [6.07, 6.45) is -20.7. The number of nitrogens with zero attached hydrogens (tertiary/aromatic N) is 1. The maximum Gasteiger partial charge on any atom is 0.425 e. The fourth-order valence-corrected chi connectivity index (χ4v) is 3.55. The fraction of sp³-hybridized carbons (Fsp3) is 1.00. The van der Waals surface area contributed by atoms with Crippen molar-refractivity contribution >= 4 is 0 Å². The zero-order valence-corrected chi connectivity index (χ0v) is 15.4. The van der Waals surface area contributed by atoms with Gasteiger partial charge >= 0.3 is 12.4 Å². The molecule has 2 rings (SSSR count). The number of alkyl halides is 11. The summed E-state index contributed by atoms with van der Waals surface area (Å²) in [5, 5.41) is 0. The van der Waals surface area contributed by atoms with Crippen LogP contribution in [0.2, 0.25) is 0 Å². The van der Waals surface area contributed by atoms with E-state index in [1.165, 1.54) is 0 Å². The minimum atomic E-state index is -5.86. The van der Waals surface area contributed by atoms with Gasteiger partial charge in [-0.15, -0.1) is 0 Å². The molecular weight excluding hydrogens is 447 g/mol. The highest BCUT2D eigenvalue weighted by atomic mass is 19.4. The number of halogens is 11. The van der Waals surface area contributed by atoms with Crippen molar-refractivity contribution in [1.82, 2.24) is 4.90 Å². The van der Waals surface area contributed by atoms with E-state index in [0.717, 1.165) is 0 Å². The van der Waals surface area contributed by atoms with Crippen LogP contribution in [0.15, 0.2) is 0 Å². The first kappa shape index (κ1) is 25.4.